The topological polar surface area (TPSA) is 75.6 Å². The number of thiazole rings is 1. The molecule has 148 valence electrons. The van der Waals surface area contributed by atoms with Crippen LogP contribution in [0.25, 0.3) is 0 Å². The standard InChI is InChI=1S/C17H28N4O2S2.HI/c1-6-10-24-11-9-19-17(18-7-2)21-13(5)15-20-12(4)14(25-15)16(22)23-8-3;/h6,13H,1,7-11H2,2-5H3,(H2,18,19,21);1H. The highest BCUT2D eigenvalue weighted by Crippen LogP contribution is 2.24. The van der Waals surface area contributed by atoms with E-state index in [9.17, 15) is 4.79 Å². The Morgan fingerprint density at radius 2 is 2.23 bits per heavy atom. The molecule has 6 nitrogen and oxygen atoms in total. The van der Waals surface area contributed by atoms with E-state index in [2.05, 4.69) is 27.2 Å². The molecular formula is C17H29IN4O2S2. The molecule has 1 heterocycles. The van der Waals surface area contributed by atoms with E-state index in [1.807, 2.05) is 26.8 Å². The van der Waals surface area contributed by atoms with Gasteiger partial charge in [-0.05, 0) is 27.7 Å². The van der Waals surface area contributed by atoms with Crippen molar-refractivity contribution in [3.63, 3.8) is 0 Å². The molecule has 0 aromatic carbocycles. The number of hydrogen-bond donors (Lipinski definition) is 2. The summed E-state index contributed by atoms with van der Waals surface area (Å²) >= 11 is 3.16. The molecule has 0 spiro atoms. The number of carbonyl (C=O) groups is 1. The monoisotopic (exact) mass is 512 g/mol. The molecule has 0 aliphatic rings. The molecule has 26 heavy (non-hydrogen) atoms. The maximum absolute atomic E-state index is 11.9. The number of ether oxygens (including phenoxy) is 1. The Morgan fingerprint density at radius 1 is 1.50 bits per heavy atom. The van der Waals surface area contributed by atoms with Crippen LogP contribution in [0.15, 0.2) is 17.6 Å². The molecule has 0 aliphatic heterocycles. The van der Waals surface area contributed by atoms with Crippen molar-refractivity contribution in [3.05, 3.63) is 28.2 Å². The van der Waals surface area contributed by atoms with E-state index in [0.717, 1.165) is 35.6 Å². The normalized spacial score (nSPS) is 12.1. The van der Waals surface area contributed by atoms with Crippen LogP contribution in [0.2, 0.25) is 0 Å². The average Bonchev–Trinajstić information content (AvgIpc) is 2.97. The summed E-state index contributed by atoms with van der Waals surface area (Å²) in [4.78, 5) is 21.6. The van der Waals surface area contributed by atoms with Crippen LogP contribution in [0.4, 0.5) is 0 Å². The largest absolute Gasteiger partial charge is 0.462 e. The van der Waals surface area contributed by atoms with Crippen molar-refractivity contribution < 1.29 is 9.53 Å². The number of aliphatic imine (C=N–C) groups is 1. The number of aryl methyl sites for hydroxylation is 1. The van der Waals surface area contributed by atoms with E-state index in [-0.39, 0.29) is 36.0 Å². The zero-order valence-electron chi connectivity index (χ0n) is 15.8. The van der Waals surface area contributed by atoms with Crippen molar-refractivity contribution in [1.29, 1.82) is 0 Å². The fraction of sp³-hybridized carbons (Fsp3) is 0.588. The summed E-state index contributed by atoms with van der Waals surface area (Å²) in [5.74, 6) is 2.32. The molecule has 0 saturated carbocycles. The molecule has 0 aliphatic carbocycles. The van der Waals surface area contributed by atoms with Gasteiger partial charge in [-0.2, -0.15) is 11.8 Å². The summed E-state index contributed by atoms with van der Waals surface area (Å²) in [6.45, 7) is 13.2. The second-order valence-corrected chi connectivity index (χ2v) is 7.36. The minimum atomic E-state index is -0.309. The molecule has 9 heteroatoms. The quantitative estimate of drug-likeness (QED) is 0.124. The lowest BCUT2D eigenvalue weighted by Gasteiger charge is -2.16. The highest BCUT2D eigenvalue weighted by Gasteiger charge is 2.20. The second-order valence-electron chi connectivity index (χ2n) is 5.18. The first-order valence-corrected chi connectivity index (χ1v) is 10.4. The fourth-order valence-corrected chi connectivity index (χ4v) is 3.48. The van der Waals surface area contributed by atoms with Gasteiger partial charge in [-0.25, -0.2) is 9.78 Å². The number of nitrogens with zero attached hydrogens (tertiary/aromatic N) is 2. The Bertz CT molecular complexity index is 593. The summed E-state index contributed by atoms with van der Waals surface area (Å²) in [7, 11) is 0. The minimum Gasteiger partial charge on any atom is -0.462 e. The molecule has 0 radical (unpaired) electrons. The van der Waals surface area contributed by atoms with E-state index in [0.29, 0.717) is 17.2 Å². The van der Waals surface area contributed by atoms with Crippen molar-refractivity contribution >= 4 is 59.0 Å². The third-order valence-corrected chi connectivity index (χ3v) is 5.35. The molecule has 1 rings (SSSR count). The number of halogens is 1. The summed E-state index contributed by atoms with van der Waals surface area (Å²) in [6.07, 6.45) is 1.89. The van der Waals surface area contributed by atoms with E-state index >= 15 is 0 Å². The van der Waals surface area contributed by atoms with Crippen LogP contribution in [0.5, 0.6) is 0 Å². The molecule has 0 saturated heterocycles. The zero-order valence-corrected chi connectivity index (χ0v) is 19.8. The van der Waals surface area contributed by atoms with Crippen LogP contribution in [0.1, 0.15) is 47.2 Å². The van der Waals surface area contributed by atoms with Crippen molar-refractivity contribution in [2.45, 2.75) is 33.7 Å². The Labute approximate surface area is 181 Å². The second kappa shape index (κ2) is 14.3. The van der Waals surface area contributed by atoms with Crippen molar-refractivity contribution in [2.75, 3.05) is 31.2 Å². The van der Waals surface area contributed by atoms with Gasteiger partial charge in [0.25, 0.3) is 0 Å². The Morgan fingerprint density at radius 3 is 2.85 bits per heavy atom. The SMILES string of the molecule is C=CCSCCN=C(NCC)NC(C)c1nc(C)c(C(=O)OCC)s1.I. The van der Waals surface area contributed by atoms with Crippen LogP contribution in [0.3, 0.4) is 0 Å². The maximum Gasteiger partial charge on any atom is 0.350 e. The van der Waals surface area contributed by atoms with Gasteiger partial charge in [-0.15, -0.1) is 41.9 Å². The Balaban J connectivity index is 0.00000625. The smallest absolute Gasteiger partial charge is 0.350 e. The molecule has 1 unspecified atom stereocenters. The minimum absolute atomic E-state index is 0. The molecule has 2 N–H and O–H groups in total. The predicted octanol–water partition coefficient (Wildman–Crippen LogP) is 3.78. The predicted molar refractivity (Wildman–Crippen MR) is 123 cm³/mol. The van der Waals surface area contributed by atoms with E-state index < -0.39 is 0 Å². The first kappa shape index (κ1) is 25.2. The molecule has 1 aromatic heterocycles. The van der Waals surface area contributed by atoms with Gasteiger partial charge in [0, 0.05) is 18.1 Å². The van der Waals surface area contributed by atoms with Crippen molar-refractivity contribution in [3.8, 4) is 0 Å². The highest BCUT2D eigenvalue weighted by molar-refractivity contribution is 14.0. The van der Waals surface area contributed by atoms with Gasteiger partial charge in [0.1, 0.15) is 9.88 Å². The molecule has 0 bridgehead atoms. The van der Waals surface area contributed by atoms with Gasteiger partial charge < -0.3 is 15.4 Å². The van der Waals surface area contributed by atoms with Crippen LogP contribution >= 0.6 is 47.1 Å². The van der Waals surface area contributed by atoms with Gasteiger partial charge in [0.15, 0.2) is 5.96 Å². The number of rotatable bonds is 10. The van der Waals surface area contributed by atoms with Crippen LogP contribution in [0, 0.1) is 6.92 Å². The van der Waals surface area contributed by atoms with Crippen molar-refractivity contribution in [2.24, 2.45) is 4.99 Å². The molecule has 0 amide bonds. The lowest BCUT2D eigenvalue weighted by molar-refractivity contribution is 0.0531. The third-order valence-electron chi connectivity index (χ3n) is 3.08. The number of nitrogens with one attached hydrogen (secondary N) is 2. The summed E-state index contributed by atoms with van der Waals surface area (Å²) in [6, 6.07) is -0.0505. The van der Waals surface area contributed by atoms with Crippen LogP contribution in [-0.2, 0) is 4.74 Å². The van der Waals surface area contributed by atoms with Gasteiger partial charge in [-0.1, -0.05) is 6.08 Å². The number of carbonyl (C=O) groups excluding carboxylic acids is 1. The molecule has 1 atom stereocenters. The van der Waals surface area contributed by atoms with Crippen molar-refractivity contribution in [1.82, 2.24) is 15.6 Å². The first-order chi connectivity index (χ1) is 12.0. The Hall–Kier alpha value is -0.810. The lowest BCUT2D eigenvalue weighted by atomic mass is 10.3. The summed E-state index contributed by atoms with van der Waals surface area (Å²) in [5, 5.41) is 7.42. The van der Waals surface area contributed by atoms with Gasteiger partial charge in [-0.3, -0.25) is 4.99 Å². The molecular weight excluding hydrogens is 483 g/mol. The number of guanidine groups is 1. The van der Waals surface area contributed by atoms with Crippen LogP contribution in [-0.4, -0.2) is 48.1 Å². The summed E-state index contributed by atoms with van der Waals surface area (Å²) in [5.41, 5.74) is 0.704. The summed E-state index contributed by atoms with van der Waals surface area (Å²) < 4.78 is 5.07. The Kier molecular flexibility index (Phi) is 13.8. The third kappa shape index (κ3) is 8.72. The average molecular weight is 512 g/mol. The van der Waals surface area contributed by atoms with E-state index in [1.165, 1.54) is 11.3 Å². The number of hydrogen-bond acceptors (Lipinski definition) is 6. The van der Waals surface area contributed by atoms with E-state index in [1.54, 1.807) is 18.7 Å². The maximum atomic E-state index is 11.9. The molecule has 1 aromatic rings. The van der Waals surface area contributed by atoms with Gasteiger partial charge in [0.05, 0.1) is 24.9 Å². The lowest BCUT2D eigenvalue weighted by Crippen LogP contribution is -2.38. The fourth-order valence-electron chi connectivity index (χ4n) is 1.96. The van der Waals surface area contributed by atoms with Crippen LogP contribution < -0.4 is 10.6 Å². The van der Waals surface area contributed by atoms with E-state index in [4.69, 9.17) is 4.74 Å². The highest BCUT2D eigenvalue weighted by atomic mass is 127. The first-order valence-electron chi connectivity index (χ1n) is 8.41. The molecule has 0 fully saturated rings. The van der Waals surface area contributed by atoms with Gasteiger partial charge >= 0.3 is 5.97 Å². The zero-order chi connectivity index (χ0) is 18.7. The van der Waals surface area contributed by atoms with Gasteiger partial charge in [0.2, 0.25) is 0 Å². The number of thioether (sulfide) groups is 1. The number of aromatic nitrogens is 1. The number of esters is 1.